The molecule has 1 aromatic rings. The Morgan fingerprint density at radius 3 is 2.88 bits per heavy atom. The number of hydrogen-bond donors (Lipinski definition) is 2. The Balaban J connectivity index is 2.79. The summed E-state index contributed by atoms with van der Waals surface area (Å²) in [6.45, 7) is 1.69. The Morgan fingerprint density at radius 1 is 1.59 bits per heavy atom. The number of rotatable bonds is 4. The molecule has 0 aliphatic rings. The van der Waals surface area contributed by atoms with E-state index in [1.54, 1.807) is 6.08 Å². The topological polar surface area (TPSA) is 92.5 Å². The molecule has 1 aromatic carbocycles. The summed E-state index contributed by atoms with van der Waals surface area (Å²) in [5, 5.41) is 22.5. The highest BCUT2D eigenvalue weighted by Crippen LogP contribution is 2.23. The van der Waals surface area contributed by atoms with Crippen LogP contribution in [0, 0.1) is 10.1 Å². The van der Waals surface area contributed by atoms with E-state index in [-0.39, 0.29) is 17.3 Å². The number of phenols is 1. The van der Waals surface area contributed by atoms with Crippen molar-refractivity contribution in [2.24, 2.45) is 0 Å². The number of nitrogens with one attached hydrogen (secondary N) is 1. The van der Waals surface area contributed by atoms with E-state index in [0.29, 0.717) is 12.1 Å². The van der Waals surface area contributed by atoms with Gasteiger partial charge in [0, 0.05) is 31.2 Å². The first kappa shape index (κ1) is 12.7. The highest BCUT2D eigenvalue weighted by Gasteiger charge is 2.07. The van der Waals surface area contributed by atoms with Crippen LogP contribution in [0.25, 0.3) is 6.08 Å². The highest BCUT2D eigenvalue weighted by molar-refractivity contribution is 5.73. The molecule has 0 radical (unpaired) electrons. The van der Waals surface area contributed by atoms with Gasteiger partial charge in [-0.1, -0.05) is 12.2 Å². The van der Waals surface area contributed by atoms with Crippen LogP contribution in [-0.2, 0) is 4.79 Å². The molecule has 0 saturated heterocycles. The lowest BCUT2D eigenvalue weighted by molar-refractivity contribution is -0.384. The maximum atomic E-state index is 10.6. The lowest BCUT2D eigenvalue weighted by Crippen LogP contribution is -2.19. The van der Waals surface area contributed by atoms with E-state index in [9.17, 15) is 20.0 Å². The molecular formula is C11H12N2O4. The summed E-state index contributed by atoms with van der Waals surface area (Å²) in [5.74, 6) is -0.215. The molecule has 0 aliphatic heterocycles. The monoisotopic (exact) mass is 236 g/mol. The van der Waals surface area contributed by atoms with Crippen molar-refractivity contribution < 1.29 is 14.8 Å². The molecule has 0 aromatic heterocycles. The van der Waals surface area contributed by atoms with Gasteiger partial charge in [-0.3, -0.25) is 14.9 Å². The molecule has 1 rings (SSSR count). The van der Waals surface area contributed by atoms with Crippen molar-refractivity contribution >= 4 is 17.7 Å². The van der Waals surface area contributed by atoms with Gasteiger partial charge in [0.1, 0.15) is 5.75 Å². The van der Waals surface area contributed by atoms with Gasteiger partial charge in [-0.2, -0.15) is 0 Å². The second kappa shape index (κ2) is 5.64. The Kier molecular flexibility index (Phi) is 4.21. The summed E-state index contributed by atoms with van der Waals surface area (Å²) in [6.07, 6.45) is 3.11. The van der Waals surface area contributed by atoms with E-state index < -0.39 is 4.92 Å². The number of phenolic OH excluding ortho intramolecular Hbond substituents is 1. The van der Waals surface area contributed by atoms with Crippen molar-refractivity contribution in [2.75, 3.05) is 6.54 Å². The van der Waals surface area contributed by atoms with Gasteiger partial charge >= 0.3 is 0 Å². The number of amides is 1. The number of carbonyl (C=O) groups excluding carboxylic acids is 1. The van der Waals surface area contributed by atoms with Crippen LogP contribution in [0.2, 0.25) is 0 Å². The van der Waals surface area contributed by atoms with Gasteiger partial charge in [-0.05, 0) is 6.07 Å². The Morgan fingerprint density at radius 2 is 2.29 bits per heavy atom. The standard InChI is InChI=1S/C11H12N2O4/c1-8(14)12-6-2-3-9-7-10(13(16)17)4-5-11(9)15/h2-5,7,15H,6H2,1H3,(H,12,14). The molecule has 0 heterocycles. The normalized spacial score (nSPS) is 10.4. The number of non-ortho nitro benzene ring substituents is 1. The number of benzene rings is 1. The maximum absolute atomic E-state index is 10.6. The predicted octanol–water partition coefficient (Wildman–Crippen LogP) is 1.45. The summed E-state index contributed by atoms with van der Waals surface area (Å²) >= 11 is 0. The number of nitro benzene ring substituents is 1. The van der Waals surface area contributed by atoms with Gasteiger partial charge < -0.3 is 10.4 Å². The number of hydrogen-bond acceptors (Lipinski definition) is 4. The Labute approximate surface area is 97.7 Å². The van der Waals surface area contributed by atoms with E-state index in [4.69, 9.17) is 0 Å². The summed E-state index contributed by atoms with van der Waals surface area (Å²) in [7, 11) is 0. The first-order chi connectivity index (χ1) is 8.00. The van der Waals surface area contributed by atoms with Crippen LogP contribution >= 0.6 is 0 Å². The fourth-order valence-electron chi connectivity index (χ4n) is 1.18. The van der Waals surface area contributed by atoms with Gasteiger partial charge in [0.15, 0.2) is 0 Å². The van der Waals surface area contributed by atoms with Crippen molar-refractivity contribution in [1.82, 2.24) is 5.32 Å². The zero-order valence-corrected chi connectivity index (χ0v) is 9.21. The average molecular weight is 236 g/mol. The molecule has 0 unspecified atom stereocenters. The minimum atomic E-state index is -0.537. The number of nitro groups is 1. The van der Waals surface area contributed by atoms with Crippen molar-refractivity contribution in [1.29, 1.82) is 0 Å². The Bertz CT molecular complexity index is 469. The number of nitrogens with zero attached hydrogens (tertiary/aromatic N) is 1. The van der Waals surface area contributed by atoms with Crippen LogP contribution in [0.5, 0.6) is 5.75 Å². The maximum Gasteiger partial charge on any atom is 0.270 e. The van der Waals surface area contributed by atoms with Gasteiger partial charge in [-0.15, -0.1) is 0 Å². The van der Waals surface area contributed by atoms with E-state index in [0.717, 1.165) is 0 Å². The first-order valence-electron chi connectivity index (χ1n) is 4.89. The van der Waals surface area contributed by atoms with Crippen molar-refractivity contribution in [2.45, 2.75) is 6.92 Å². The largest absolute Gasteiger partial charge is 0.507 e. The number of carbonyl (C=O) groups is 1. The molecule has 6 nitrogen and oxygen atoms in total. The van der Waals surface area contributed by atoms with Gasteiger partial charge in [-0.25, -0.2) is 0 Å². The van der Waals surface area contributed by atoms with Crippen molar-refractivity contribution in [3.05, 3.63) is 40.0 Å². The van der Waals surface area contributed by atoms with Crippen molar-refractivity contribution in [3.8, 4) is 5.75 Å². The third-order valence-corrected chi connectivity index (χ3v) is 1.99. The van der Waals surface area contributed by atoms with E-state index in [1.807, 2.05) is 0 Å². The molecule has 0 bridgehead atoms. The van der Waals surface area contributed by atoms with Crippen LogP contribution in [-0.4, -0.2) is 22.5 Å². The third-order valence-electron chi connectivity index (χ3n) is 1.99. The van der Waals surface area contributed by atoms with E-state index >= 15 is 0 Å². The number of aromatic hydroxyl groups is 1. The van der Waals surface area contributed by atoms with Crippen LogP contribution in [0.4, 0.5) is 5.69 Å². The van der Waals surface area contributed by atoms with Crippen LogP contribution in [0.3, 0.4) is 0 Å². The summed E-state index contributed by atoms with van der Waals surface area (Å²) in [6, 6.07) is 3.75. The van der Waals surface area contributed by atoms with E-state index in [2.05, 4.69) is 5.32 Å². The zero-order chi connectivity index (χ0) is 12.8. The second-order valence-electron chi connectivity index (χ2n) is 3.34. The van der Waals surface area contributed by atoms with Crippen molar-refractivity contribution in [3.63, 3.8) is 0 Å². The minimum absolute atomic E-state index is 0.0466. The molecule has 0 fully saturated rings. The lowest BCUT2D eigenvalue weighted by atomic mass is 10.1. The molecule has 0 aliphatic carbocycles. The van der Waals surface area contributed by atoms with Gasteiger partial charge in [0.05, 0.1) is 4.92 Å². The SMILES string of the molecule is CC(=O)NCC=Cc1cc([N+](=O)[O-])ccc1O. The third kappa shape index (κ3) is 3.94. The van der Waals surface area contributed by atoms with Gasteiger partial charge in [0.25, 0.3) is 5.69 Å². The van der Waals surface area contributed by atoms with E-state index in [1.165, 1.54) is 31.2 Å². The Hall–Kier alpha value is -2.37. The summed E-state index contributed by atoms with van der Waals surface area (Å²) < 4.78 is 0. The minimum Gasteiger partial charge on any atom is -0.507 e. The predicted molar refractivity (Wildman–Crippen MR) is 62.5 cm³/mol. The summed E-state index contributed by atoms with van der Waals surface area (Å²) in [4.78, 5) is 20.6. The lowest BCUT2D eigenvalue weighted by Gasteiger charge is -1.99. The molecule has 2 N–H and O–H groups in total. The average Bonchev–Trinajstić information content (AvgIpc) is 2.25. The molecule has 1 amide bonds. The zero-order valence-electron chi connectivity index (χ0n) is 9.21. The van der Waals surface area contributed by atoms with Crippen LogP contribution in [0.15, 0.2) is 24.3 Å². The fourth-order valence-corrected chi connectivity index (χ4v) is 1.18. The second-order valence-corrected chi connectivity index (χ2v) is 3.34. The first-order valence-corrected chi connectivity index (χ1v) is 4.89. The molecule has 6 heteroatoms. The molecule has 17 heavy (non-hydrogen) atoms. The van der Waals surface area contributed by atoms with Gasteiger partial charge in [0.2, 0.25) is 5.91 Å². The fraction of sp³-hybridized carbons (Fsp3) is 0.182. The van der Waals surface area contributed by atoms with Crippen LogP contribution in [0.1, 0.15) is 12.5 Å². The van der Waals surface area contributed by atoms with Crippen LogP contribution < -0.4 is 5.32 Å². The summed E-state index contributed by atoms with van der Waals surface area (Å²) in [5.41, 5.74) is 0.242. The highest BCUT2D eigenvalue weighted by atomic mass is 16.6. The molecule has 0 saturated carbocycles. The smallest absolute Gasteiger partial charge is 0.270 e. The molecular weight excluding hydrogens is 224 g/mol. The quantitative estimate of drug-likeness (QED) is 0.611. The molecule has 0 atom stereocenters. The molecule has 0 spiro atoms. The molecule has 90 valence electrons.